The topological polar surface area (TPSA) is 234 Å². The smallest absolute Gasteiger partial charge is 0.326 e. The van der Waals surface area contributed by atoms with Crippen molar-refractivity contribution in [3.05, 3.63) is 29.8 Å². The van der Waals surface area contributed by atoms with Crippen LogP contribution in [-0.4, -0.2) is 81.4 Å². The summed E-state index contributed by atoms with van der Waals surface area (Å²) in [5.41, 5.74) is 11.8. The van der Waals surface area contributed by atoms with Gasteiger partial charge in [0, 0.05) is 18.6 Å². The molecule has 13 nitrogen and oxygen atoms in total. The number of carboxylic acid groups (broad SMARTS) is 2. The molecule has 0 heterocycles. The monoisotopic (exact) mass is 541 g/mol. The lowest BCUT2D eigenvalue weighted by Gasteiger charge is -2.24. The van der Waals surface area contributed by atoms with Crippen LogP contribution in [0, 0.1) is 0 Å². The highest BCUT2D eigenvalue weighted by Gasteiger charge is 2.30. The van der Waals surface area contributed by atoms with Crippen molar-refractivity contribution in [3.8, 4) is 5.75 Å². The molecule has 206 valence electrons. The van der Waals surface area contributed by atoms with E-state index in [2.05, 4.69) is 28.6 Å². The van der Waals surface area contributed by atoms with E-state index in [0.29, 0.717) is 31.4 Å². The largest absolute Gasteiger partial charge is 0.508 e. The molecule has 3 amide bonds. The summed E-state index contributed by atoms with van der Waals surface area (Å²) >= 11 is 4.10. The van der Waals surface area contributed by atoms with Gasteiger partial charge in [0.05, 0.1) is 6.04 Å². The lowest BCUT2D eigenvalue weighted by molar-refractivity contribution is -0.143. The number of unbranched alkanes of at least 4 members (excludes halogenated alkanes) is 1. The van der Waals surface area contributed by atoms with Gasteiger partial charge in [-0.25, -0.2) is 4.79 Å². The van der Waals surface area contributed by atoms with E-state index in [9.17, 15) is 34.2 Å². The van der Waals surface area contributed by atoms with Gasteiger partial charge in [0.15, 0.2) is 0 Å². The number of aliphatic carboxylic acids is 2. The van der Waals surface area contributed by atoms with E-state index in [-0.39, 0.29) is 24.3 Å². The molecule has 0 aromatic heterocycles. The molecular weight excluding hydrogens is 506 g/mol. The molecule has 0 bridgehead atoms. The Morgan fingerprint density at radius 1 is 0.838 bits per heavy atom. The summed E-state index contributed by atoms with van der Waals surface area (Å²) in [6.45, 7) is 0.458. The predicted octanol–water partition coefficient (Wildman–Crippen LogP) is -1.28. The molecule has 1 aromatic rings. The SMILES string of the molecule is NCCCCC(N)C(=O)NC(CS)C(=O)NC(Cc1ccc(O)cc1)C(=O)NC(CCC(=O)O)C(=O)O. The third-order valence-electron chi connectivity index (χ3n) is 5.39. The Kier molecular flexibility index (Phi) is 14.0. The number of carbonyl (C=O) groups excluding carboxylic acids is 3. The molecule has 0 saturated carbocycles. The second kappa shape index (κ2) is 16.4. The first-order valence-electron chi connectivity index (χ1n) is 11.7. The Morgan fingerprint density at radius 3 is 1.95 bits per heavy atom. The molecule has 0 radical (unpaired) electrons. The minimum absolute atomic E-state index is 0.0194. The molecule has 1 rings (SSSR count). The van der Waals surface area contributed by atoms with E-state index in [0.717, 1.165) is 0 Å². The van der Waals surface area contributed by atoms with Gasteiger partial charge in [-0.3, -0.25) is 19.2 Å². The average molecular weight is 542 g/mol. The number of carboxylic acids is 2. The zero-order valence-corrected chi connectivity index (χ0v) is 21.2. The van der Waals surface area contributed by atoms with Crippen molar-refractivity contribution in [2.45, 2.75) is 62.7 Å². The van der Waals surface area contributed by atoms with Crippen LogP contribution >= 0.6 is 12.6 Å². The lowest BCUT2D eigenvalue weighted by Crippen LogP contribution is -2.58. The average Bonchev–Trinajstić information content (AvgIpc) is 2.85. The molecule has 37 heavy (non-hydrogen) atoms. The van der Waals surface area contributed by atoms with Gasteiger partial charge in [0.25, 0.3) is 0 Å². The number of nitrogens with two attached hydrogens (primary N) is 2. The number of thiol groups is 1. The first-order valence-corrected chi connectivity index (χ1v) is 12.3. The number of nitrogens with one attached hydrogen (secondary N) is 3. The third-order valence-corrected chi connectivity index (χ3v) is 5.76. The zero-order chi connectivity index (χ0) is 28.0. The maximum absolute atomic E-state index is 13.0. The number of amides is 3. The summed E-state index contributed by atoms with van der Waals surface area (Å²) in [6, 6.07) is 0.968. The highest BCUT2D eigenvalue weighted by molar-refractivity contribution is 7.80. The normalized spacial score (nSPS) is 14.0. The highest BCUT2D eigenvalue weighted by atomic mass is 32.1. The van der Waals surface area contributed by atoms with Crippen LogP contribution in [0.5, 0.6) is 5.75 Å². The van der Waals surface area contributed by atoms with E-state index >= 15 is 0 Å². The Morgan fingerprint density at radius 2 is 1.41 bits per heavy atom. The van der Waals surface area contributed by atoms with Crippen molar-refractivity contribution < 1.29 is 39.3 Å². The minimum atomic E-state index is -1.50. The first kappa shape index (κ1) is 31.7. The van der Waals surface area contributed by atoms with Gasteiger partial charge in [-0.05, 0) is 43.5 Å². The summed E-state index contributed by atoms with van der Waals surface area (Å²) in [5.74, 6) is -5.01. The van der Waals surface area contributed by atoms with E-state index in [1.165, 1.54) is 24.3 Å². The van der Waals surface area contributed by atoms with E-state index in [4.69, 9.17) is 16.6 Å². The van der Waals surface area contributed by atoms with Crippen LogP contribution in [0.3, 0.4) is 0 Å². The standard InChI is InChI=1S/C23H35N5O8S/c24-10-2-1-3-15(25)20(32)28-18(12-37)22(34)27-17(11-13-4-6-14(29)7-5-13)21(33)26-16(23(35)36)8-9-19(30)31/h4-7,15-18,29,37H,1-3,8-12,24-25H2,(H,26,33)(H,27,34)(H,28,32)(H,30,31)(H,35,36). The van der Waals surface area contributed by atoms with Gasteiger partial charge in [0.1, 0.15) is 23.9 Å². The highest BCUT2D eigenvalue weighted by Crippen LogP contribution is 2.12. The Hall–Kier alpha value is -3.36. The number of carbonyl (C=O) groups is 5. The maximum atomic E-state index is 13.0. The van der Waals surface area contributed by atoms with Crippen LogP contribution in [0.25, 0.3) is 0 Å². The minimum Gasteiger partial charge on any atom is -0.508 e. The van der Waals surface area contributed by atoms with Crippen molar-refractivity contribution in [1.82, 2.24) is 16.0 Å². The Balaban J connectivity index is 3.00. The van der Waals surface area contributed by atoms with E-state index in [1.807, 2.05) is 0 Å². The molecule has 14 heteroatoms. The molecule has 0 aliphatic carbocycles. The van der Waals surface area contributed by atoms with Gasteiger partial charge in [0.2, 0.25) is 17.7 Å². The maximum Gasteiger partial charge on any atom is 0.326 e. The van der Waals surface area contributed by atoms with Crippen LogP contribution in [-0.2, 0) is 30.4 Å². The summed E-state index contributed by atoms with van der Waals surface area (Å²) in [4.78, 5) is 60.7. The van der Waals surface area contributed by atoms with Gasteiger partial charge in [-0.15, -0.1) is 0 Å². The predicted molar refractivity (Wildman–Crippen MR) is 137 cm³/mol. The molecule has 0 spiro atoms. The van der Waals surface area contributed by atoms with Crippen molar-refractivity contribution in [1.29, 1.82) is 0 Å². The fraction of sp³-hybridized carbons (Fsp3) is 0.522. The first-order chi connectivity index (χ1) is 17.5. The van der Waals surface area contributed by atoms with Crippen LogP contribution in [0.2, 0.25) is 0 Å². The number of benzene rings is 1. The number of hydrogen-bond acceptors (Lipinski definition) is 9. The van der Waals surface area contributed by atoms with Crippen LogP contribution in [0.1, 0.15) is 37.7 Å². The second-order valence-electron chi connectivity index (χ2n) is 8.40. The summed E-state index contributed by atoms with van der Waals surface area (Å²) in [7, 11) is 0. The molecule has 0 saturated heterocycles. The molecule has 4 atom stereocenters. The number of phenolic OH excluding ortho intramolecular Hbond substituents is 1. The molecule has 0 fully saturated rings. The molecule has 10 N–H and O–H groups in total. The second-order valence-corrected chi connectivity index (χ2v) is 8.76. The van der Waals surface area contributed by atoms with Crippen LogP contribution < -0.4 is 27.4 Å². The fourth-order valence-electron chi connectivity index (χ4n) is 3.26. The van der Waals surface area contributed by atoms with Gasteiger partial charge < -0.3 is 42.7 Å². The summed E-state index contributed by atoms with van der Waals surface area (Å²) in [6.07, 6.45) is 0.733. The van der Waals surface area contributed by atoms with Crippen LogP contribution in [0.15, 0.2) is 24.3 Å². The number of aromatic hydroxyl groups is 1. The molecule has 0 aliphatic heterocycles. The number of hydrogen-bond donors (Lipinski definition) is 9. The molecular formula is C23H35N5O8S. The van der Waals surface area contributed by atoms with E-state index in [1.54, 1.807) is 0 Å². The number of rotatable bonds is 17. The zero-order valence-electron chi connectivity index (χ0n) is 20.3. The Labute approximate surface area is 219 Å². The third kappa shape index (κ3) is 11.9. The number of phenols is 1. The quantitative estimate of drug-likeness (QED) is 0.0837. The molecule has 0 aliphatic rings. The van der Waals surface area contributed by atoms with Crippen molar-refractivity contribution in [2.24, 2.45) is 11.5 Å². The molecule has 4 unspecified atom stereocenters. The van der Waals surface area contributed by atoms with Crippen LogP contribution in [0.4, 0.5) is 0 Å². The summed E-state index contributed by atoms with van der Waals surface area (Å²) < 4.78 is 0. The Bertz CT molecular complexity index is 930. The fourth-order valence-corrected chi connectivity index (χ4v) is 3.52. The van der Waals surface area contributed by atoms with E-state index < -0.39 is 60.2 Å². The van der Waals surface area contributed by atoms with Crippen molar-refractivity contribution in [2.75, 3.05) is 12.3 Å². The van der Waals surface area contributed by atoms with Gasteiger partial charge >= 0.3 is 11.9 Å². The van der Waals surface area contributed by atoms with Gasteiger partial charge in [-0.1, -0.05) is 18.6 Å². The molecule has 1 aromatic carbocycles. The summed E-state index contributed by atoms with van der Waals surface area (Å²) in [5, 5.41) is 35.0. The lowest BCUT2D eigenvalue weighted by atomic mass is 10.0. The van der Waals surface area contributed by atoms with Crippen molar-refractivity contribution in [3.63, 3.8) is 0 Å². The van der Waals surface area contributed by atoms with Gasteiger partial charge in [-0.2, -0.15) is 12.6 Å². The van der Waals surface area contributed by atoms with Crippen molar-refractivity contribution >= 4 is 42.3 Å².